The first kappa shape index (κ1) is 19.1. The Balaban J connectivity index is 1.84. The van der Waals surface area contributed by atoms with Gasteiger partial charge in [-0.05, 0) is 36.8 Å². The van der Waals surface area contributed by atoms with Gasteiger partial charge in [-0.3, -0.25) is 4.79 Å². The number of urea groups is 1. The number of phenolic OH excluding ortho intramolecular Hbond substituents is 2. The number of nitrogens with one attached hydrogen (secondary N) is 1. The van der Waals surface area contributed by atoms with Crippen LogP contribution in [0.25, 0.3) is 0 Å². The van der Waals surface area contributed by atoms with E-state index in [-0.39, 0.29) is 17.1 Å². The Morgan fingerprint density at radius 3 is 2.50 bits per heavy atom. The van der Waals surface area contributed by atoms with Gasteiger partial charge in [-0.25, -0.2) is 4.79 Å². The lowest BCUT2D eigenvalue weighted by atomic mass is 9.92. The number of imide groups is 1. The third kappa shape index (κ3) is 3.43. The molecule has 3 N–H and O–H groups in total. The van der Waals surface area contributed by atoms with E-state index in [9.17, 15) is 28.6 Å². The number of nitrogens with zero attached hydrogens (tertiary/aromatic N) is 2. The van der Waals surface area contributed by atoms with Crippen molar-refractivity contribution in [2.45, 2.75) is 19.1 Å². The van der Waals surface area contributed by atoms with Gasteiger partial charge in [-0.15, -0.1) is 5.01 Å². The second-order valence-electron chi connectivity index (χ2n) is 6.03. The number of amides is 3. The molecule has 1 atom stereocenters. The average molecular weight is 391 g/mol. The molecular formula is C18H15F2N3O5. The molecular weight excluding hydrogens is 376 g/mol. The normalized spacial score (nSPS) is 19.5. The quantitative estimate of drug-likeness (QED) is 0.412. The van der Waals surface area contributed by atoms with Crippen LogP contribution in [0.3, 0.4) is 0 Å². The Morgan fingerprint density at radius 2 is 1.86 bits per heavy atom. The molecule has 3 rings (SSSR count). The Kier molecular flexibility index (Phi) is 4.87. The maximum absolute atomic E-state index is 12.7. The van der Waals surface area contributed by atoms with Crippen LogP contribution in [0.1, 0.15) is 18.1 Å². The fourth-order valence-electron chi connectivity index (χ4n) is 2.67. The van der Waals surface area contributed by atoms with E-state index in [0.717, 1.165) is 6.21 Å². The molecule has 0 radical (unpaired) electrons. The number of carbonyl (C=O) groups excluding carboxylic acids is 2. The average Bonchev–Trinajstić information content (AvgIpc) is 2.86. The van der Waals surface area contributed by atoms with Crippen molar-refractivity contribution in [3.8, 4) is 17.2 Å². The number of benzene rings is 2. The van der Waals surface area contributed by atoms with E-state index < -0.39 is 29.8 Å². The van der Waals surface area contributed by atoms with Gasteiger partial charge in [0.2, 0.25) is 0 Å². The fraction of sp³-hybridized carbons (Fsp3) is 0.167. The largest absolute Gasteiger partial charge is 0.504 e. The Labute approximate surface area is 157 Å². The van der Waals surface area contributed by atoms with Crippen molar-refractivity contribution in [1.29, 1.82) is 0 Å². The van der Waals surface area contributed by atoms with Crippen molar-refractivity contribution >= 4 is 18.2 Å². The molecule has 146 valence electrons. The molecule has 0 aromatic heterocycles. The third-order valence-corrected chi connectivity index (χ3v) is 4.18. The lowest BCUT2D eigenvalue weighted by Gasteiger charge is -2.21. The highest BCUT2D eigenvalue weighted by atomic mass is 19.3. The number of alkyl halides is 2. The highest BCUT2D eigenvalue weighted by Crippen LogP contribution is 2.31. The summed E-state index contributed by atoms with van der Waals surface area (Å²) in [6.45, 7) is -1.54. The van der Waals surface area contributed by atoms with Gasteiger partial charge >= 0.3 is 12.6 Å². The number of phenols is 2. The van der Waals surface area contributed by atoms with Gasteiger partial charge in [0.1, 0.15) is 11.3 Å². The Hall–Kier alpha value is -3.69. The smallest absolute Gasteiger partial charge is 0.387 e. The van der Waals surface area contributed by atoms with E-state index in [1.54, 1.807) is 0 Å². The summed E-state index contributed by atoms with van der Waals surface area (Å²) in [5.74, 6) is -1.63. The number of para-hydroxylation sites is 1. The van der Waals surface area contributed by atoms with E-state index >= 15 is 0 Å². The fourth-order valence-corrected chi connectivity index (χ4v) is 2.67. The number of carbonyl (C=O) groups is 2. The zero-order chi connectivity index (χ0) is 20.5. The molecule has 1 aliphatic heterocycles. The van der Waals surface area contributed by atoms with Crippen LogP contribution in [0.5, 0.6) is 17.2 Å². The maximum Gasteiger partial charge on any atom is 0.387 e. The summed E-state index contributed by atoms with van der Waals surface area (Å²) in [4.78, 5) is 24.9. The molecule has 1 heterocycles. The molecule has 8 nitrogen and oxygen atoms in total. The first-order chi connectivity index (χ1) is 13.2. The minimum absolute atomic E-state index is 0.0895. The molecule has 0 spiro atoms. The summed E-state index contributed by atoms with van der Waals surface area (Å²) in [6, 6.07) is 8.60. The predicted molar refractivity (Wildman–Crippen MR) is 93.2 cm³/mol. The van der Waals surface area contributed by atoms with E-state index in [1.165, 1.54) is 49.4 Å². The molecule has 0 bridgehead atoms. The van der Waals surface area contributed by atoms with Gasteiger partial charge < -0.3 is 20.3 Å². The molecule has 28 heavy (non-hydrogen) atoms. The van der Waals surface area contributed by atoms with Crippen LogP contribution in [0.2, 0.25) is 0 Å². The Morgan fingerprint density at radius 1 is 1.18 bits per heavy atom. The summed E-state index contributed by atoms with van der Waals surface area (Å²) in [6.07, 6.45) is 1.05. The summed E-state index contributed by atoms with van der Waals surface area (Å²) >= 11 is 0. The van der Waals surface area contributed by atoms with Gasteiger partial charge in [0.25, 0.3) is 5.91 Å². The second kappa shape index (κ2) is 7.14. The molecule has 1 saturated heterocycles. The lowest BCUT2D eigenvalue weighted by Crippen LogP contribution is -2.40. The number of hydrogen-bond donors (Lipinski definition) is 3. The van der Waals surface area contributed by atoms with Crippen LogP contribution in [0.4, 0.5) is 13.6 Å². The van der Waals surface area contributed by atoms with Crippen LogP contribution >= 0.6 is 0 Å². The highest BCUT2D eigenvalue weighted by Gasteiger charge is 2.49. The monoisotopic (exact) mass is 391 g/mol. The minimum Gasteiger partial charge on any atom is -0.504 e. The molecule has 10 heteroatoms. The van der Waals surface area contributed by atoms with Crippen LogP contribution in [-0.2, 0) is 10.3 Å². The van der Waals surface area contributed by atoms with E-state index in [1.807, 2.05) is 0 Å². The van der Waals surface area contributed by atoms with Crippen LogP contribution in [-0.4, -0.2) is 40.0 Å². The highest BCUT2D eigenvalue weighted by molar-refractivity contribution is 6.07. The van der Waals surface area contributed by atoms with Crippen LogP contribution in [0, 0.1) is 0 Å². The summed E-state index contributed by atoms with van der Waals surface area (Å²) < 4.78 is 28.8. The predicted octanol–water partition coefficient (Wildman–Crippen LogP) is 2.50. The molecule has 2 aromatic carbocycles. The number of halogens is 2. The SMILES string of the molecule is C[C@]1(c2ccc(OC(F)F)cc2)NC(=O)N(/N=C/c2cccc(O)c2O)C1=O. The van der Waals surface area contributed by atoms with Crippen LogP contribution < -0.4 is 10.1 Å². The van der Waals surface area contributed by atoms with Gasteiger partial charge in [-0.1, -0.05) is 18.2 Å². The van der Waals surface area contributed by atoms with Gasteiger partial charge in [0, 0.05) is 5.56 Å². The van der Waals surface area contributed by atoms with Gasteiger partial charge in [-0.2, -0.15) is 13.9 Å². The topological polar surface area (TPSA) is 111 Å². The summed E-state index contributed by atoms with van der Waals surface area (Å²) in [5, 5.41) is 26.1. The van der Waals surface area contributed by atoms with Crippen molar-refractivity contribution in [3.05, 3.63) is 53.6 Å². The molecule has 0 unspecified atom stereocenters. The maximum atomic E-state index is 12.7. The van der Waals surface area contributed by atoms with E-state index in [2.05, 4.69) is 15.2 Å². The number of hydrogen-bond acceptors (Lipinski definition) is 6. The van der Waals surface area contributed by atoms with Crippen molar-refractivity contribution in [1.82, 2.24) is 10.3 Å². The van der Waals surface area contributed by atoms with Crippen molar-refractivity contribution in [2.75, 3.05) is 0 Å². The number of ether oxygens (including phenoxy) is 1. The van der Waals surface area contributed by atoms with Crippen molar-refractivity contribution < 1.29 is 33.3 Å². The number of rotatable bonds is 5. The first-order valence-electron chi connectivity index (χ1n) is 7.99. The molecule has 0 aliphatic carbocycles. The van der Waals surface area contributed by atoms with E-state index in [0.29, 0.717) is 10.6 Å². The van der Waals surface area contributed by atoms with Gasteiger partial charge in [0.05, 0.1) is 6.21 Å². The molecule has 0 saturated carbocycles. The third-order valence-electron chi connectivity index (χ3n) is 4.18. The standard InChI is InChI=1S/C18H15F2N3O5/c1-18(11-5-7-12(8-6-11)28-16(19)20)15(26)23(17(27)22-18)21-9-10-3-2-4-13(24)14(10)25/h2-9,16,24-25H,1H3,(H,22,27)/b21-9+/t18-/m1/s1. The molecule has 2 aromatic rings. The number of hydrazone groups is 1. The lowest BCUT2D eigenvalue weighted by molar-refractivity contribution is -0.131. The molecule has 3 amide bonds. The second-order valence-corrected chi connectivity index (χ2v) is 6.03. The first-order valence-corrected chi connectivity index (χ1v) is 7.99. The van der Waals surface area contributed by atoms with Gasteiger partial charge in [0.15, 0.2) is 11.5 Å². The van der Waals surface area contributed by atoms with Crippen molar-refractivity contribution in [3.63, 3.8) is 0 Å². The Bertz CT molecular complexity index is 949. The van der Waals surface area contributed by atoms with Crippen LogP contribution in [0.15, 0.2) is 47.6 Å². The van der Waals surface area contributed by atoms with Crippen molar-refractivity contribution in [2.24, 2.45) is 5.10 Å². The summed E-state index contributed by atoms with van der Waals surface area (Å²) in [7, 11) is 0. The molecule has 1 aliphatic rings. The molecule has 1 fully saturated rings. The minimum atomic E-state index is -2.98. The number of aromatic hydroxyl groups is 2. The zero-order valence-electron chi connectivity index (χ0n) is 14.5. The zero-order valence-corrected chi connectivity index (χ0v) is 14.5. The van der Waals surface area contributed by atoms with E-state index in [4.69, 9.17) is 0 Å². The summed E-state index contributed by atoms with van der Waals surface area (Å²) in [5.41, 5.74) is -1.04.